The number of hydrogen-bond acceptors (Lipinski definition) is 2. The van der Waals surface area contributed by atoms with Crippen LogP contribution in [0.2, 0.25) is 0 Å². The maximum absolute atomic E-state index is 5.98. The SMILES string of the molecule is CC1=COC(N(C)c2ccccc2)C2CCCC12. The summed E-state index contributed by atoms with van der Waals surface area (Å²) in [7, 11) is 2.14. The van der Waals surface area contributed by atoms with Crippen LogP contribution in [0.25, 0.3) is 0 Å². The molecule has 0 aromatic heterocycles. The van der Waals surface area contributed by atoms with E-state index in [4.69, 9.17) is 4.74 Å². The van der Waals surface area contributed by atoms with E-state index in [2.05, 4.69) is 49.2 Å². The summed E-state index contributed by atoms with van der Waals surface area (Å²) < 4.78 is 5.98. The molecule has 3 unspecified atom stereocenters. The number of anilines is 1. The highest BCUT2D eigenvalue weighted by atomic mass is 16.5. The van der Waals surface area contributed by atoms with Gasteiger partial charge in [0.15, 0.2) is 6.23 Å². The van der Waals surface area contributed by atoms with Crippen LogP contribution in [0.5, 0.6) is 0 Å². The summed E-state index contributed by atoms with van der Waals surface area (Å²) >= 11 is 0. The molecule has 2 nitrogen and oxygen atoms in total. The summed E-state index contributed by atoms with van der Waals surface area (Å²) in [5, 5.41) is 0. The fourth-order valence-electron chi connectivity index (χ4n) is 3.45. The van der Waals surface area contributed by atoms with Gasteiger partial charge in [0.1, 0.15) is 0 Å². The van der Waals surface area contributed by atoms with Crippen LogP contribution in [0.3, 0.4) is 0 Å². The van der Waals surface area contributed by atoms with Crippen molar-refractivity contribution in [3.05, 3.63) is 42.2 Å². The predicted molar refractivity (Wildman–Crippen MR) is 74.3 cm³/mol. The molecule has 18 heavy (non-hydrogen) atoms. The largest absolute Gasteiger partial charge is 0.478 e. The summed E-state index contributed by atoms with van der Waals surface area (Å²) in [5.41, 5.74) is 2.66. The topological polar surface area (TPSA) is 12.5 Å². The van der Waals surface area contributed by atoms with Gasteiger partial charge in [-0.25, -0.2) is 0 Å². The molecule has 1 aromatic carbocycles. The molecule has 0 N–H and O–H groups in total. The minimum absolute atomic E-state index is 0.198. The Kier molecular flexibility index (Phi) is 3.02. The standard InChI is InChI=1S/C16H21NO/c1-12-11-18-16(15-10-6-9-14(12)15)17(2)13-7-4-3-5-8-13/h3-5,7-8,11,14-16H,6,9-10H2,1-2H3. The van der Waals surface area contributed by atoms with Gasteiger partial charge in [0, 0.05) is 18.7 Å². The second kappa shape index (κ2) is 4.68. The molecule has 3 rings (SSSR count). The fraction of sp³-hybridized carbons (Fsp3) is 0.500. The molecule has 0 amide bonds. The van der Waals surface area contributed by atoms with E-state index in [1.165, 1.54) is 30.5 Å². The molecule has 1 fully saturated rings. The number of ether oxygens (including phenoxy) is 1. The number of fused-ring (bicyclic) bond motifs is 1. The van der Waals surface area contributed by atoms with E-state index < -0.39 is 0 Å². The van der Waals surface area contributed by atoms with Crippen molar-refractivity contribution in [1.29, 1.82) is 0 Å². The lowest BCUT2D eigenvalue weighted by Gasteiger charge is -2.39. The Morgan fingerprint density at radius 1 is 1.17 bits per heavy atom. The van der Waals surface area contributed by atoms with Crippen LogP contribution in [-0.4, -0.2) is 13.3 Å². The summed E-state index contributed by atoms with van der Waals surface area (Å²) in [6, 6.07) is 10.5. The Morgan fingerprint density at radius 3 is 2.72 bits per heavy atom. The van der Waals surface area contributed by atoms with Gasteiger partial charge in [-0.15, -0.1) is 0 Å². The molecule has 0 saturated heterocycles. The van der Waals surface area contributed by atoms with Gasteiger partial charge >= 0.3 is 0 Å². The molecule has 2 aliphatic rings. The number of rotatable bonds is 2. The van der Waals surface area contributed by atoms with Crippen molar-refractivity contribution in [2.45, 2.75) is 32.4 Å². The van der Waals surface area contributed by atoms with Gasteiger partial charge < -0.3 is 9.64 Å². The summed E-state index contributed by atoms with van der Waals surface area (Å²) in [4.78, 5) is 2.28. The molecule has 0 radical (unpaired) electrons. The van der Waals surface area contributed by atoms with Crippen LogP contribution in [0, 0.1) is 11.8 Å². The van der Waals surface area contributed by atoms with Gasteiger partial charge in [0.05, 0.1) is 6.26 Å². The van der Waals surface area contributed by atoms with Crippen LogP contribution >= 0.6 is 0 Å². The highest BCUT2D eigenvalue weighted by Crippen LogP contribution is 2.43. The maximum atomic E-state index is 5.98. The van der Waals surface area contributed by atoms with Gasteiger partial charge in [-0.2, -0.15) is 0 Å². The zero-order valence-electron chi connectivity index (χ0n) is 11.2. The summed E-state index contributed by atoms with van der Waals surface area (Å²) in [6.07, 6.45) is 6.14. The molecule has 0 bridgehead atoms. The Balaban J connectivity index is 1.84. The van der Waals surface area contributed by atoms with Crippen LogP contribution in [0.4, 0.5) is 5.69 Å². The molecule has 0 spiro atoms. The number of benzene rings is 1. The predicted octanol–water partition coefficient (Wildman–Crippen LogP) is 3.80. The molecular formula is C16H21NO. The van der Waals surface area contributed by atoms with Gasteiger partial charge in [-0.3, -0.25) is 0 Å². The maximum Gasteiger partial charge on any atom is 0.174 e. The fourth-order valence-corrected chi connectivity index (χ4v) is 3.45. The van der Waals surface area contributed by atoms with Crippen LogP contribution in [0.1, 0.15) is 26.2 Å². The molecular weight excluding hydrogens is 222 g/mol. The number of nitrogens with zero attached hydrogens (tertiary/aromatic N) is 1. The van der Waals surface area contributed by atoms with E-state index in [0.29, 0.717) is 5.92 Å². The first-order valence-corrected chi connectivity index (χ1v) is 6.87. The van der Waals surface area contributed by atoms with E-state index in [-0.39, 0.29) is 6.23 Å². The third kappa shape index (κ3) is 1.90. The molecule has 1 aliphatic heterocycles. The zero-order chi connectivity index (χ0) is 12.5. The third-order valence-corrected chi connectivity index (χ3v) is 4.46. The first-order valence-electron chi connectivity index (χ1n) is 6.87. The Labute approximate surface area is 109 Å². The normalized spacial score (nSPS) is 30.3. The first-order chi connectivity index (χ1) is 8.77. The molecule has 1 saturated carbocycles. The smallest absolute Gasteiger partial charge is 0.174 e. The van der Waals surface area contributed by atoms with Crippen LogP contribution in [0.15, 0.2) is 42.2 Å². The minimum Gasteiger partial charge on any atom is -0.478 e. The highest BCUT2D eigenvalue weighted by molar-refractivity contribution is 5.46. The molecule has 1 aliphatic carbocycles. The van der Waals surface area contributed by atoms with Crippen molar-refractivity contribution in [1.82, 2.24) is 0 Å². The van der Waals surface area contributed by atoms with Gasteiger partial charge in [0.25, 0.3) is 0 Å². The monoisotopic (exact) mass is 243 g/mol. The van der Waals surface area contributed by atoms with E-state index in [1.54, 1.807) is 0 Å². The molecule has 3 atom stereocenters. The quantitative estimate of drug-likeness (QED) is 0.783. The second-order valence-electron chi connectivity index (χ2n) is 5.54. The van der Waals surface area contributed by atoms with Crippen molar-refractivity contribution >= 4 is 5.69 Å². The van der Waals surface area contributed by atoms with Crippen LogP contribution in [-0.2, 0) is 4.74 Å². The molecule has 1 heterocycles. The van der Waals surface area contributed by atoms with Crippen molar-refractivity contribution in [2.24, 2.45) is 11.8 Å². The van der Waals surface area contributed by atoms with E-state index in [1.807, 2.05) is 6.26 Å². The van der Waals surface area contributed by atoms with Crippen molar-refractivity contribution in [2.75, 3.05) is 11.9 Å². The van der Waals surface area contributed by atoms with E-state index >= 15 is 0 Å². The molecule has 1 aromatic rings. The number of hydrogen-bond donors (Lipinski definition) is 0. The van der Waals surface area contributed by atoms with Gasteiger partial charge in [-0.1, -0.05) is 24.6 Å². The Morgan fingerprint density at radius 2 is 1.94 bits per heavy atom. The Hall–Kier alpha value is -1.44. The lowest BCUT2D eigenvalue weighted by Crippen LogP contribution is -2.43. The lowest BCUT2D eigenvalue weighted by atomic mass is 9.86. The summed E-state index contributed by atoms with van der Waals surface area (Å²) in [5.74, 6) is 1.38. The van der Waals surface area contributed by atoms with E-state index in [0.717, 1.165) is 5.92 Å². The van der Waals surface area contributed by atoms with Gasteiger partial charge in [-0.05, 0) is 43.4 Å². The number of allylic oxidation sites excluding steroid dienone is 1. The van der Waals surface area contributed by atoms with Crippen LogP contribution < -0.4 is 4.90 Å². The highest BCUT2D eigenvalue weighted by Gasteiger charge is 2.40. The van der Waals surface area contributed by atoms with E-state index in [9.17, 15) is 0 Å². The molecule has 96 valence electrons. The van der Waals surface area contributed by atoms with Crippen molar-refractivity contribution in [3.63, 3.8) is 0 Å². The van der Waals surface area contributed by atoms with Gasteiger partial charge in [0.2, 0.25) is 0 Å². The third-order valence-electron chi connectivity index (χ3n) is 4.46. The average Bonchev–Trinajstić information content (AvgIpc) is 2.90. The second-order valence-corrected chi connectivity index (χ2v) is 5.54. The first kappa shape index (κ1) is 11.6. The molecule has 2 heteroatoms. The lowest BCUT2D eigenvalue weighted by molar-refractivity contribution is 0.0524. The van der Waals surface area contributed by atoms with Crippen molar-refractivity contribution < 1.29 is 4.74 Å². The summed E-state index contributed by atoms with van der Waals surface area (Å²) in [6.45, 7) is 2.21. The average molecular weight is 243 g/mol. The van der Waals surface area contributed by atoms with Crippen molar-refractivity contribution in [3.8, 4) is 0 Å². The Bertz CT molecular complexity index is 440. The minimum atomic E-state index is 0.198. The zero-order valence-corrected chi connectivity index (χ0v) is 11.2. The number of para-hydroxylation sites is 1.